The summed E-state index contributed by atoms with van der Waals surface area (Å²) < 4.78 is 66.7. The van der Waals surface area contributed by atoms with Crippen LogP contribution in [-0.2, 0) is 38.8 Å². The average Bonchev–Trinajstić information content (AvgIpc) is 2.89. The van der Waals surface area contributed by atoms with Crippen LogP contribution in [0.15, 0.2) is 72.8 Å². The van der Waals surface area contributed by atoms with Gasteiger partial charge in [0.25, 0.3) is 0 Å². The number of nitrogens with one attached hydrogen (secondary N) is 1. The number of alkyl halides is 3. The molecule has 0 radical (unpaired) electrons. The van der Waals surface area contributed by atoms with Crippen molar-refractivity contribution in [1.29, 1.82) is 0 Å². The molecule has 0 aliphatic carbocycles. The Balaban J connectivity index is 2.14. The summed E-state index contributed by atoms with van der Waals surface area (Å²) in [4.78, 5) is 29.0. The molecular formula is C30H32Cl2F3N3O4S. The van der Waals surface area contributed by atoms with Gasteiger partial charge in [0, 0.05) is 34.1 Å². The van der Waals surface area contributed by atoms with E-state index in [1.165, 1.54) is 0 Å². The van der Waals surface area contributed by atoms with Gasteiger partial charge in [-0.2, -0.15) is 13.2 Å². The summed E-state index contributed by atoms with van der Waals surface area (Å²) in [5.74, 6) is -1.39. The lowest BCUT2D eigenvalue weighted by Gasteiger charge is -2.35. The van der Waals surface area contributed by atoms with Crippen LogP contribution in [0.25, 0.3) is 0 Å². The van der Waals surface area contributed by atoms with E-state index < -0.39 is 51.7 Å². The molecule has 0 unspecified atom stereocenters. The number of benzene rings is 3. The highest BCUT2D eigenvalue weighted by Gasteiger charge is 2.36. The molecule has 0 heterocycles. The molecule has 3 aromatic carbocycles. The van der Waals surface area contributed by atoms with E-state index in [0.29, 0.717) is 21.5 Å². The van der Waals surface area contributed by atoms with Gasteiger partial charge in [0.15, 0.2) is 0 Å². The molecule has 0 bridgehead atoms. The molecule has 43 heavy (non-hydrogen) atoms. The maximum atomic E-state index is 14.1. The maximum Gasteiger partial charge on any atom is 0.416 e. The van der Waals surface area contributed by atoms with Crippen molar-refractivity contribution in [3.8, 4) is 0 Å². The predicted molar refractivity (Wildman–Crippen MR) is 162 cm³/mol. The summed E-state index contributed by atoms with van der Waals surface area (Å²) in [5.41, 5.74) is -1.12. The van der Waals surface area contributed by atoms with Gasteiger partial charge in [-0.15, -0.1) is 0 Å². The minimum absolute atomic E-state index is 0.0407. The lowest BCUT2D eigenvalue weighted by atomic mass is 10.0. The number of anilines is 1. The van der Waals surface area contributed by atoms with E-state index in [-0.39, 0.29) is 28.7 Å². The number of halogens is 5. The zero-order valence-corrected chi connectivity index (χ0v) is 26.3. The van der Waals surface area contributed by atoms with Crippen LogP contribution in [0.4, 0.5) is 18.9 Å². The zero-order chi connectivity index (χ0) is 32.2. The van der Waals surface area contributed by atoms with E-state index in [0.717, 1.165) is 29.4 Å². The second kappa shape index (κ2) is 13.6. The molecule has 0 aliphatic rings. The van der Waals surface area contributed by atoms with Crippen LogP contribution in [0.5, 0.6) is 0 Å². The first-order valence-electron chi connectivity index (χ1n) is 13.1. The molecule has 3 rings (SSSR count). The zero-order valence-electron chi connectivity index (χ0n) is 24.0. The molecule has 0 saturated heterocycles. The second-order valence-corrected chi connectivity index (χ2v) is 13.7. The van der Waals surface area contributed by atoms with Gasteiger partial charge in [-0.1, -0.05) is 65.7 Å². The van der Waals surface area contributed by atoms with Gasteiger partial charge in [0.2, 0.25) is 21.8 Å². The molecule has 0 aromatic heterocycles. The van der Waals surface area contributed by atoms with E-state index in [1.807, 2.05) is 0 Å². The molecule has 0 aliphatic heterocycles. The SMILES string of the molecule is CC(C)(C)NC(=O)[C@@H](Cc1ccccc1)N(Cc1c(Cl)cccc1Cl)C(=O)CN(c1cccc(C(F)(F)F)c1)S(C)(=O)=O. The van der Waals surface area contributed by atoms with Crippen LogP contribution in [0.1, 0.15) is 37.5 Å². The van der Waals surface area contributed by atoms with Crippen molar-refractivity contribution in [2.24, 2.45) is 0 Å². The molecule has 0 spiro atoms. The first-order valence-corrected chi connectivity index (χ1v) is 15.7. The Kier molecular flexibility index (Phi) is 10.8. The predicted octanol–water partition coefficient (Wildman–Crippen LogP) is 6.33. The van der Waals surface area contributed by atoms with Crippen molar-refractivity contribution < 1.29 is 31.2 Å². The summed E-state index contributed by atoms with van der Waals surface area (Å²) in [5, 5.41) is 3.29. The minimum Gasteiger partial charge on any atom is -0.350 e. The highest BCUT2D eigenvalue weighted by Crippen LogP contribution is 2.33. The Morgan fingerprint density at radius 3 is 2.02 bits per heavy atom. The number of hydrogen-bond donors (Lipinski definition) is 1. The highest BCUT2D eigenvalue weighted by molar-refractivity contribution is 7.92. The average molecular weight is 659 g/mol. The molecule has 13 heteroatoms. The lowest BCUT2D eigenvalue weighted by molar-refractivity contribution is -0.140. The summed E-state index contributed by atoms with van der Waals surface area (Å²) in [6.07, 6.45) is -3.93. The number of sulfonamides is 1. The van der Waals surface area contributed by atoms with Crippen molar-refractivity contribution >= 4 is 50.7 Å². The van der Waals surface area contributed by atoms with E-state index in [4.69, 9.17) is 23.2 Å². The third-order valence-electron chi connectivity index (χ3n) is 6.30. The topological polar surface area (TPSA) is 86.8 Å². The third-order valence-corrected chi connectivity index (χ3v) is 8.15. The fourth-order valence-electron chi connectivity index (χ4n) is 4.31. The molecule has 0 fully saturated rings. The van der Waals surface area contributed by atoms with Crippen molar-refractivity contribution in [2.45, 2.75) is 51.5 Å². The highest BCUT2D eigenvalue weighted by atomic mass is 35.5. The van der Waals surface area contributed by atoms with Crippen LogP contribution in [-0.4, -0.2) is 49.5 Å². The Morgan fingerprint density at radius 1 is 0.907 bits per heavy atom. The van der Waals surface area contributed by atoms with Gasteiger partial charge >= 0.3 is 6.18 Å². The monoisotopic (exact) mass is 657 g/mol. The molecule has 1 N–H and O–H groups in total. The first kappa shape index (κ1) is 34.2. The van der Waals surface area contributed by atoms with Gasteiger partial charge in [-0.25, -0.2) is 8.42 Å². The van der Waals surface area contributed by atoms with Crippen molar-refractivity contribution in [1.82, 2.24) is 10.2 Å². The smallest absolute Gasteiger partial charge is 0.350 e. The van der Waals surface area contributed by atoms with Crippen LogP contribution in [0, 0.1) is 0 Å². The lowest BCUT2D eigenvalue weighted by Crippen LogP contribution is -2.56. The molecule has 232 valence electrons. The summed E-state index contributed by atoms with van der Waals surface area (Å²) in [6.45, 7) is 4.12. The van der Waals surface area contributed by atoms with E-state index in [2.05, 4.69) is 5.32 Å². The molecule has 7 nitrogen and oxygen atoms in total. The fourth-order valence-corrected chi connectivity index (χ4v) is 5.67. The summed E-state index contributed by atoms with van der Waals surface area (Å²) >= 11 is 12.9. The van der Waals surface area contributed by atoms with Crippen LogP contribution in [0.3, 0.4) is 0 Å². The Labute approximate surface area is 259 Å². The van der Waals surface area contributed by atoms with Gasteiger partial charge in [-0.3, -0.25) is 13.9 Å². The number of nitrogens with zero attached hydrogens (tertiary/aromatic N) is 2. The normalized spacial score (nSPS) is 12.9. The largest absolute Gasteiger partial charge is 0.416 e. The van der Waals surface area contributed by atoms with Crippen molar-refractivity contribution in [3.63, 3.8) is 0 Å². The van der Waals surface area contributed by atoms with Gasteiger partial charge < -0.3 is 10.2 Å². The van der Waals surface area contributed by atoms with Gasteiger partial charge in [-0.05, 0) is 56.7 Å². The maximum absolute atomic E-state index is 14.1. The quantitative estimate of drug-likeness (QED) is 0.276. The number of carbonyl (C=O) groups excluding carboxylic acids is 2. The molecule has 1 atom stereocenters. The Hall–Kier alpha value is -3.28. The number of hydrogen-bond acceptors (Lipinski definition) is 4. The summed E-state index contributed by atoms with van der Waals surface area (Å²) in [6, 6.07) is 16.1. The molecule has 2 amide bonds. The fraction of sp³-hybridized carbons (Fsp3) is 0.333. The van der Waals surface area contributed by atoms with E-state index in [9.17, 15) is 31.2 Å². The standard InChI is InChI=1S/C30H32Cl2F3N3O4S/c1-29(2,3)36-28(40)26(16-20-10-6-5-7-11-20)37(18-23-24(31)14-9-15-25(23)32)27(39)19-38(43(4,41)42)22-13-8-12-21(17-22)30(33,34)35/h5-15,17,26H,16,18-19H2,1-4H3,(H,36,40)/t26-/m1/s1. The van der Waals surface area contributed by atoms with Gasteiger partial charge in [0.05, 0.1) is 17.5 Å². The van der Waals surface area contributed by atoms with E-state index >= 15 is 0 Å². The Bertz CT molecular complexity index is 1540. The van der Waals surface area contributed by atoms with Crippen molar-refractivity contribution in [3.05, 3.63) is 99.5 Å². The molecule has 0 saturated carbocycles. The van der Waals surface area contributed by atoms with E-state index in [1.54, 1.807) is 69.3 Å². The Morgan fingerprint density at radius 2 is 1.49 bits per heavy atom. The third kappa shape index (κ3) is 9.61. The molecule has 3 aromatic rings. The second-order valence-electron chi connectivity index (χ2n) is 11.0. The number of rotatable bonds is 10. The number of carbonyl (C=O) groups is 2. The van der Waals surface area contributed by atoms with Crippen molar-refractivity contribution in [2.75, 3.05) is 17.1 Å². The first-order chi connectivity index (χ1) is 19.9. The van der Waals surface area contributed by atoms with Crippen LogP contribution in [0.2, 0.25) is 10.0 Å². The number of amides is 2. The van der Waals surface area contributed by atoms with Crippen LogP contribution < -0.4 is 9.62 Å². The summed E-state index contributed by atoms with van der Waals surface area (Å²) in [7, 11) is -4.27. The van der Waals surface area contributed by atoms with Gasteiger partial charge in [0.1, 0.15) is 12.6 Å². The van der Waals surface area contributed by atoms with Crippen LogP contribution >= 0.6 is 23.2 Å². The molecular weight excluding hydrogens is 626 g/mol. The minimum atomic E-state index is -4.75.